The van der Waals surface area contributed by atoms with Crippen molar-refractivity contribution in [2.45, 2.75) is 33.4 Å². The number of rotatable bonds is 7. The molecular formula is C23H23N5O2S. The summed E-state index contributed by atoms with van der Waals surface area (Å²) in [5, 5.41) is 11.1. The van der Waals surface area contributed by atoms with Crippen LogP contribution < -0.4 is 10.1 Å². The van der Waals surface area contributed by atoms with Crippen LogP contribution in [0.3, 0.4) is 0 Å². The van der Waals surface area contributed by atoms with E-state index >= 15 is 0 Å². The summed E-state index contributed by atoms with van der Waals surface area (Å²) in [7, 11) is 0. The maximum Gasteiger partial charge on any atom is 0.248 e. The molecule has 31 heavy (non-hydrogen) atoms. The number of nitrogens with one attached hydrogen (secondary N) is 1. The second kappa shape index (κ2) is 9.09. The van der Waals surface area contributed by atoms with Gasteiger partial charge in [0, 0.05) is 28.4 Å². The Kier molecular flexibility index (Phi) is 6.08. The van der Waals surface area contributed by atoms with Gasteiger partial charge in [-0.1, -0.05) is 18.2 Å². The minimum atomic E-state index is -0.248. The van der Waals surface area contributed by atoms with Gasteiger partial charge in [0.15, 0.2) is 5.65 Å². The van der Waals surface area contributed by atoms with Crippen LogP contribution in [0.2, 0.25) is 0 Å². The van der Waals surface area contributed by atoms with Crippen molar-refractivity contribution < 1.29 is 9.53 Å². The first kappa shape index (κ1) is 20.7. The third-order valence-electron chi connectivity index (χ3n) is 4.57. The number of carbonyl (C=O) groups is 1. The lowest BCUT2D eigenvalue weighted by atomic mass is 10.2. The predicted octanol–water partition coefficient (Wildman–Crippen LogP) is 5.01. The number of anilines is 1. The number of hydrogen-bond acceptors (Lipinski definition) is 6. The third kappa shape index (κ3) is 4.97. The summed E-state index contributed by atoms with van der Waals surface area (Å²) < 4.78 is 7.75. The van der Waals surface area contributed by atoms with Gasteiger partial charge in [-0.3, -0.25) is 4.79 Å². The summed E-state index contributed by atoms with van der Waals surface area (Å²) >= 11 is 1.59. The van der Waals surface area contributed by atoms with E-state index in [0.717, 1.165) is 27.3 Å². The van der Waals surface area contributed by atoms with Crippen LogP contribution >= 0.6 is 11.3 Å². The van der Waals surface area contributed by atoms with Gasteiger partial charge in [-0.25, -0.2) is 14.6 Å². The Labute approximate surface area is 184 Å². The Balaban J connectivity index is 1.43. The molecule has 1 N–H and O–H groups in total. The lowest BCUT2D eigenvalue weighted by Crippen LogP contribution is -2.08. The molecule has 7 nitrogen and oxygen atoms in total. The SMILES string of the molecule is Cc1nc(COc2ccccc2C=CC(=O)Nc2cnc3c(cnn3C(C)C)c2)cs1. The summed E-state index contributed by atoms with van der Waals surface area (Å²) in [6, 6.07) is 9.67. The normalized spacial score (nSPS) is 11.5. The van der Waals surface area contributed by atoms with Gasteiger partial charge >= 0.3 is 0 Å². The number of aromatic nitrogens is 4. The summed E-state index contributed by atoms with van der Waals surface area (Å²) in [4.78, 5) is 21.3. The van der Waals surface area contributed by atoms with Crippen molar-refractivity contribution in [3.8, 4) is 5.75 Å². The second-order valence-corrected chi connectivity index (χ2v) is 8.39. The minimum absolute atomic E-state index is 0.218. The van der Waals surface area contributed by atoms with Crippen molar-refractivity contribution in [2.24, 2.45) is 0 Å². The van der Waals surface area contributed by atoms with Crippen LogP contribution in [0.5, 0.6) is 5.75 Å². The monoisotopic (exact) mass is 433 g/mol. The number of carbonyl (C=O) groups excluding carboxylic acids is 1. The summed E-state index contributed by atoms with van der Waals surface area (Å²) in [6.45, 7) is 6.45. The number of thiazole rings is 1. The molecule has 0 fully saturated rings. The molecule has 0 spiro atoms. The minimum Gasteiger partial charge on any atom is -0.487 e. The van der Waals surface area contributed by atoms with E-state index in [1.807, 2.05) is 61.2 Å². The Morgan fingerprint density at radius 1 is 1.29 bits per heavy atom. The topological polar surface area (TPSA) is 81.9 Å². The fourth-order valence-corrected chi connectivity index (χ4v) is 3.71. The quantitative estimate of drug-likeness (QED) is 0.414. The Bertz CT molecular complexity index is 1240. The molecule has 0 bridgehead atoms. The van der Waals surface area contributed by atoms with Gasteiger partial charge in [-0.2, -0.15) is 5.10 Å². The van der Waals surface area contributed by atoms with Crippen molar-refractivity contribution in [3.63, 3.8) is 0 Å². The Hall–Kier alpha value is -3.52. The van der Waals surface area contributed by atoms with Gasteiger partial charge < -0.3 is 10.1 Å². The fraction of sp³-hybridized carbons (Fsp3) is 0.217. The number of benzene rings is 1. The van der Waals surface area contributed by atoms with Crippen molar-refractivity contribution in [1.82, 2.24) is 19.7 Å². The van der Waals surface area contributed by atoms with E-state index in [0.29, 0.717) is 18.0 Å². The highest BCUT2D eigenvalue weighted by Gasteiger charge is 2.09. The van der Waals surface area contributed by atoms with Crippen LogP contribution in [0.1, 0.15) is 36.2 Å². The van der Waals surface area contributed by atoms with Gasteiger partial charge in [-0.15, -0.1) is 11.3 Å². The van der Waals surface area contributed by atoms with Crippen LogP contribution in [-0.4, -0.2) is 25.7 Å². The summed E-state index contributed by atoms with van der Waals surface area (Å²) in [6.07, 6.45) is 6.61. The van der Waals surface area contributed by atoms with Gasteiger partial charge in [0.05, 0.1) is 28.8 Å². The Morgan fingerprint density at radius 3 is 2.90 bits per heavy atom. The maximum atomic E-state index is 12.4. The molecule has 1 amide bonds. The van der Waals surface area contributed by atoms with Crippen LogP contribution in [0.4, 0.5) is 5.69 Å². The van der Waals surface area contributed by atoms with Crippen molar-refractivity contribution >= 4 is 40.0 Å². The number of para-hydroxylation sites is 1. The van der Waals surface area contributed by atoms with E-state index in [1.54, 1.807) is 29.8 Å². The second-order valence-electron chi connectivity index (χ2n) is 7.33. The lowest BCUT2D eigenvalue weighted by molar-refractivity contribution is -0.111. The van der Waals surface area contributed by atoms with Crippen LogP contribution in [0, 0.1) is 6.92 Å². The molecular weight excluding hydrogens is 410 g/mol. The number of amides is 1. The van der Waals surface area contributed by atoms with Crippen molar-refractivity contribution in [3.05, 3.63) is 70.4 Å². The number of ether oxygens (including phenoxy) is 1. The van der Waals surface area contributed by atoms with E-state index in [1.165, 1.54) is 6.08 Å². The van der Waals surface area contributed by atoms with Crippen LogP contribution in [0.15, 0.2) is 54.2 Å². The molecule has 8 heteroatoms. The zero-order valence-electron chi connectivity index (χ0n) is 17.6. The molecule has 0 atom stereocenters. The van der Waals surface area contributed by atoms with E-state index in [9.17, 15) is 4.79 Å². The summed E-state index contributed by atoms with van der Waals surface area (Å²) in [5.74, 6) is 0.448. The molecule has 0 aliphatic rings. The van der Waals surface area contributed by atoms with Crippen LogP contribution in [0.25, 0.3) is 17.1 Å². The van der Waals surface area contributed by atoms with Crippen molar-refractivity contribution in [2.75, 3.05) is 5.32 Å². The van der Waals surface area contributed by atoms with Crippen LogP contribution in [-0.2, 0) is 11.4 Å². The van der Waals surface area contributed by atoms with Gasteiger partial charge in [0.1, 0.15) is 12.4 Å². The van der Waals surface area contributed by atoms with Gasteiger partial charge in [0.2, 0.25) is 5.91 Å². The maximum absolute atomic E-state index is 12.4. The third-order valence-corrected chi connectivity index (χ3v) is 5.39. The molecule has 0 radical (unpaired) electrons. The standard InChI is InChI=1S/C23H23N5O2S/c1-15(2)28-23-18(11-25-28)10-19(12-24-23)27-22(29)9-8-17-6-4-5-7-21(17)30-13-20-14-31-16(3)26-20/h4-12,14-15H,13H2,1-3H3,(H,27,29). The number of nitrogens with zero attached hydrogens (tertiary/aromatic N) is 4. The van der Waals surface area contributed by atoms with E-state index in [-0.39, 0.29) is 11.9 Å². The highest BCUT2D eigenvalue weighted by molar-refractivity contribution is 7.09. The molecule has 0 saturated carbocycles. The highest BCUT2D eigenvalue weighted by Crippen LogP contribution is 2.22. The Morgan fingerprint density at radius 2 is 2.13 bits per heavy atom. The van der Waals surface area contributed by atoms with Gasteiger partial charge in [0.25, 0.3) is 0 Å². The number of aryl methyl sites for hydroxylation is 1. The fourth-order valence-electron chi connectivity index (χ4n) is 3.11. The molecule has 0 aliphatic carbocycles. The highest BCUT2D eigenvalue weighted by atomic mass is 32.1. The van der Waals surface area contributed by atoms with Crippen molar-refractivity contribution in [1.29, 1.82) is 0 Å². The van der Waals surface area contributed by atoms with E-state index < -0.39 is 0 Å². The molecule has 0 saturated heterocycles. The zero-order valence-corrected chi connectivity index (χ0v) is 18.4. The zero-order chi connectivity index (χ0) is 21.8. The first-order chi connectivity index (χ1) is 15.0. The first-order valence-corrected chi connectivity index (χ1v) is 10.8. The smallest absolute Gasteiger partial charge is 0.248 e. The number of fused-ring (bicyclic) bond motifs is 1. The molecule has 4 rings (SSSR count). The molecule has 158 valence electrons. The number of hydrogen-bond donors (Lipinski definition) is 1. The predicted molar refractivity (Wildman–Crippen MR) is 123 cm³/mol. The molecule has 3 heterocycles. The first-order valence-electron chi connectivity index (χ1n) is 9.95. The lowest BCUT2D eigenvalue weighted by Gasteiger charge is -2.08. The molecule has 1 aromatic carbocycles. The largest absolute Gasteiger partial charge is 0.487 e. The van der Waals surface area contributed by atoms with Gasteiger partial charge in [-0.05, 0) is 39.0 Å². The average molecular weight is 434 g/mol. The summed E-state index contributed by atoms with van der Waals surface area (Å²) in [5.41, 5.74) is 3.12. The molecule has 4 aromatic rings. The molecule has 0 unspecified atom stereocenters. The molecule has 3 aromatic heterocycles. The average Bonchev–Trinajstić information content (AvgIpc) is 3.37. The molecule has 0 aliphatic heterocycles. The van der Waals surface area contributed by atoms with E-state index in [2.05, 4.69) is 20.4 Å². The van der Waals surface area contributed by atoms with E-state index in [4.69, 9.17) is 4.74 Å². The number of pyridine rings is 1.